The Bertz CT molecular complexity index is 1750. The predicted molar refractivity (Wildman–Crippen MR) is 206 cm³/mol. The first-order chi connectivity index (χ1) is 26.8. The number of hydrogen-bond acceptors (Lipinski definition) is 10. The molecule has 0 bridgehead atoms. The number of carboxylic acid groups (broad SMARTS) is 1. The Morgan fingerprint density at radius 2 is 1.48 bits per heavy atom. The van der Waals surface area contributed by atoms with Crippen LogP contribution in [0.5, 0.6) is 0 Å². The molecular weight excluding hydrogens is 724 g/mol. The zero-order chi connectivity index (χ0) is 40.6. The summed E-state index contributed by atoms with van der Waals surface area (Å²) in [6.45, 7) is 3.96. The second-order valence-electron chi connectivity index (χ2n) is 14.1. The molecule has 56 heavy (non-hydrogen) atoms. The van der Waals surface area contributed by atoms with Crippen molar-refractivity contribution in [3.05, 3.63) is 60.2 Å². The van der Waals surface area contributed by atoms with Gasteiger partial charge in [-0.05, 0) is 69.1 Å². The van der Waals surface area contributed by atoms with Gasteiger partial charge in [-0.2, -0.15) is 10.2 Å². The third-order valence-corrected chi connectivity index (χ3v) is 9.35. The second-order valence-corrected chi connectivity index (χ2v) is 14.1. The Labute approximate surface area is 325 Å². The molecule has 2 aromatic rings. The van der Waals surface area contributed by atoms with Crippen LogP contribution >= 0.6 is 0 Å². The van der Waals surface area contributed by atoms with Crippen molar-refractivity contribution < 1.29 is 38.6 Å². The van der Waals surface area contributed by atoms with E-state index in [-0.39, 0.29) is 51.0 Å². The number of carbonyl (C=O) groups excluding carboxylic acids is 5. The lowest BCUT2D eigenvalue weighted by Gasteiger charge is -2.27. The molecule has 4 unspecified atom stereocenters. The Morgan fingerprint density at radius 3 is 2.14 bits per heavy atom. The summed E-state index contributed by atoms with van der Waals surface area (Å²) in [5.41, 5.74) is 12.4. The van der Waals surface area contributed by atoms with E-state index < -0.39 is 66.4 Å². The van der Waals surface area contributed by atoms with Crippen molar-refractivity contribution in [2.24, 2.45) is 32.6 Å². The second kappa shape index (κ2) is 21.1. The maximum atomic E-state index is 13.6. The number of carbonyl (C=O) groups is 6. The summed E-state index contributed by atoms with van der Waals surface area (Å²) in [6.07, 6.45) is 1.72. The van der Waals surface area contributed by atoms with Crippen LogP contribution in [0.15, 0.2) is 69.8 Å². The number of rotatable bonds is 18. The molecule has 18 heteroatoms. The number of benzene rings is 2. The first-order valence-corrected chi connectivity index (χ1v) is 18.8. The standard InChI is InChI=1S/C38H52N10O8/c1-24(2)21-29(33(50)42-22-32(49)47-19-9-16-30(47)34(51)43-28(36(53)54)15-8-18-41-37(39)40)44-35(52)31-17-10-20-48(31)38(55)56-23-25-11-6-7-14-27(25)46-45-26-12-4-3-5-13-26/h3-7,11-14,24,28-31H,8-10,15-23H2,1-2H3,(H,42,50)(H,43,51)(H,44,52)(H,53,54)(H4,39,40,41). The summed E-state index contributed by atoms with van der Waals surface area (Å²) in [4.78, 5) is 84.9. The Balaban J connectivity index is 1.31. The number of nitrogens with zero attached hydrogens (tertiary/aromatic N) is 5. The van der Waals surface area contributed by atoms with Gasteiger partial charge in [-0.1, -0.05) is 50.2 Å². The first kappa shape index (κ1) is 42.7. The van der Waals surface area contributed by atoms with Crippen LogP contribution in [-0.2, 0) is 35.3 Å². The predicted octanol–water partition coefficient (Wildman–Crippen LogP) is 2.46. The molecule has 18 nitrogen and oxygen atoms in total. The van der Waals surface area contributed by atoms with E-state index in [9.17, 15) is 33.9 Å². The molecule has 0 saturated carbocycles. The van der Waals surface area contributed by atoms with Gasteiger partial charge < -0.3 is 42.2 Å². The molecule has 4 rings (SSSR count). The minimum Gasteiger partial charge on any atom is -0.480 e. The maximum Gasteiger partial charge on any atom is 0.410 e. The first-order valence-electron chi connectivity index (χ1n) is 18.8. The molecule has 0 radical (unpaired) electrons. The van der Waals surface area contributed by atoms with Crippen molar-refractivity contribution in [1.29, 1.82) is 0 Å². The third-order valence-electron chi connectivity index (χ3n) is 9.35. The number of likely N-dealkylation sites (tertiary alicyclic amines) is 2. The van der Waals surface area contributed by atoms with E-state index in [0.717, 1.165) is 0 Å². The van der Waals surface area contributed by atoms with Crippen LogP contribution in [0.3, 0.4) is 0 Å². The number of amides is 5. The SMILES string of the molecule is CC(C)CC(NC(=O)C1CCCN1C(=O)OCc1ccccc1N=Nc1ccccc1)C(=O)NCC(=O)N1CCCC1C(=O)NC(CCCN=C(N)N)C(=O)O. The van der Waals surface area contributed by atoms with E-state index in [1.807, 2.05) is 44.2 Å². The van der Waals surface area contributed by atoms with Crippen LogP contribution in [0, 0.1) is 5.92 Å². The molecule has 4 atom stereocenters. The zero-order valence-corrected chi connectivity index (χ0v) is 31.8. The minimum absolute atomic E-state index is 0.0150. The lowest BCUT2D eigenvalue weighted by Crippen LogP contribution is -2.55. The van der Waals surface area contributed by atoms with Crippen LogP contribution in [0.1, 0.15) is 64.4 Å². The number of guanidine groups is 1. The highest BCUT2D eigenvalue weighted by Crippen LogP contribution is 2.25. The third kappa shape index (κ3) is 12.8. The van der Waals surface area contributed by atoms with E-state index in [2.05, 4.69) is 31.2 Å². The van der Waals surface area contributed by atoms with Crippen LogP contribution in [0.4, 0.5) is 16.2 Å². The fourth-order valence-corrected chi connectivity index (χ4v) is 6.54. The van der Waals surface area contributed by atoms with Crippen LogP contribution in [0.25, 0.3) is 0 Å². The number of nitrogens with two attached hydrogens (primary N) is 2. The normalized spacial score (nSPS) is 17.6. The van der Waals surface area contributed by atoms with Gasteiger partial charge in [-0.15, -0.1) is 0 Å². The van der Waals surface area contributed by atoms with E-state index in [0.29, 0.717) is 49.0 Å². The van der Waals surface area contributed by atoms with Gasteiger partial charge in [0.1, 0.15) is 30.8 Å². The number of azo groups is 1. The highest BCUT2D eigenvalue weighted by molar-refractivity contribution is 5.95. The topological polar surface area (TPSA) is 264 Å². The molecule has 0 aliphatic carbocycles. The van der Waals surface area contributed by atoms with Crippen LogP contribution in [-0.4, -0.2) is 107 Å². The Kier molecular flexibility index (Phi) is 16.1. The van der Waals surface area contributed by atoms with Gasteiger partial charge in [-0.25, -0.2) is 9.59 Å². The summed E-state index contributed by atoms with van der Waals surface area (Å²) in [5, 5.41) is 26.0. The molecule has 2 aliphatic heterocycles. The van der Waals surface area contributed by atoms with Crippen LogP contribution in [0.2, 0.25) is 0 Å². The van der Waals surface area contributed by atoms with E-state index >= 15 is 0 Å². The van der Waals surface area contributed by atoms with Crippen molar-refractivity contribution in [3.8, 4) is 0 Å². The van der Waals surface area contributed by atoms with Gasteiger partial charge in [0, 0.05) is 25.2 Å². The summed E-state index contributed by atoms with van der Waals surface area (Å²) < 4.78 is 5.62. The summed E-state index contributed by atoms with van der Waals surface area (Å²) in [7, 11) is 0. The molecule has 0 aromatic heterocycles. The molecule has 302 valence electrons. The number of nitrogens with one attached hydrogen (secondary N) is 3. The highest BCUT2D eigenvalue weighted by atomic mass is 16.6. The lowest BCUT2D eigenvalue weighted by atomic mass is 10.0. The average molecular weight is 777 g/mol. The summed E-state index contributed by atoms with van der Waals surface area (Å²) in [5.74, 6) is -3.63. The number of aliphatic imine (C=N–C) groups is 1. The van der Waals surface area contributed by atoms with Gasteiger partial charge in [0.15, 0.2) is 5.96 Å². The Morgan fingerprint density at radius 1 is 0.857 bits per heavy atom. The lowest BCUT2D eigenvalue weighted by molar-refractivity contribution is -0.144. The molecule has 2 heterocycles. The Hall–Kier alpha value is -6.07. The fourth-order valence-electron chi connectivity index (χ4n) is 6.54. The van der Waals surface area contributed by atoms with E-state index in [1.165, 1.54) is 9.80 Å². The molecule has 2 saturated heterocycles. The molecule has 2 aliphatic rings. The highest BCUT2D eigenvalue weighted by Gasteiger charge is 2.38. The summed E-state index contributed by atoms with van der Waals surface area (Å²) in [6, 6.07) is 12.3. The monoisotopic (exact) mass is 776 g/mol. The van der Waals surface area contributed by atoms with Gasteiger partial charge in [0.05, 0.1) is 17.9 Å². The number of aliphatic carboxylic acids is 1. The fraction of sp³-hybridized carbons (Fsp3) is 0.500. The van der Waals surface area contributed by atoms with Gasteiger partial charge in [0.25, 0.3) is 0 Å². The van der Waals surface area contributed by atoms with E-state index in [1.54, 1.807) is 24.3 Å². The molecular formula is C38H52N10O8. The number of hydrogen-bond donors (Lipinski definition) is 6. The molecule has 2 aromatic carbocycles. The largest absolute Gasteiger partial charge is 0.480 e. The zero-order valence-electron chi connectivity index (χ0n) is 31.8. The number of ether oxygens (including phenoxy) is 1. The number of carboxylic acids is 1. The van der Waals surface area contributed by atoms with Crippen molar-refractivity contribution in [3.63, 3.8) is 0 Å². The van der Waals surface area contributed by atoms with Gasteiger partial charge in [-0.3, -0.25) is 29.1 Å². The van der Waals surface area contributed by atoms with Gasteiger partial charge in [0.2, 0.25) is 23.6 Å². The average Bonchev–Trinajstić information content (AvgIpc) is 3.88. The van der Waals surface area contributed by atoms with Crippen LogP contribution < -0.4 is 27.4 Å². The maximum absolute atomic E-state index is 13.6. The molecule has 0 spiro atoms. The van der Waals surface area contributed by atoms with E-state index in [4.69, 9.17) is 16.2 Å². The smallest absolute Gasteiger partial charge is 0.410 e. The molecule has 8 N–H and O–H groups in total. The minimum atomic E-state index is -1.23. The van der Waals surface area contributed by atoms with Crippen molar-refractivity contribution in [1.82, 2.24) is 25.8 Å². The van der Waals surface area contributed by atoms with Gasteiger partial charge >= 0.3 is 12.1 Å². The quantitative estimate of drug-likeness (QED) is 0.0557. The molecule has 5 amide bonds. The summed E-state index contributed by atoms with van der Waals surface area (Å²) >= 11 is 0. The van der Waals surface area contributed by atoms with Crippen molar-refractivity contribution in [2.75, 3.05) is 26.2 Å². The molecule has 2 fully saturated rings. The van der Waals surface area contributed by atoms with Crippen molar-refractivity contribution >= 4 is 53.0 Å². The van der Waals surface area contributed by atoms with Crippen molar-refractivity contribution in [2.45, 2.75) is 89.6 Å².